The topological polar surface area (TPSA) is 79.7 Å². The van der Waals surface area contributed by atoms with Gasteiger partial charge >= 0.3 is 0 Å². The van der Waals surface area contributed by atoms with Crippen molar-refractivity contribution in [1.29, 1.82) is 5.26 Å². The van der Waals surface area contributed by atoms with Gasteiger partial charge in [0.05, 0.1) is 12.2 Å². The maximum atomic E-state index is 8.75. The van der Waals surface area contributed by atoms with Crippen LogP contribution in [0.4, 0.5) is 5.69 Å². The summed E-state index contributed by atoms with van der Waals surface area (Å²) in [4.78, 5) is 8.60. The van der Waals surface area contributed by atoms with Gasteiger partial charge in [0.15, 0.2) is 5.82 Å². The van der Waals surface area contributed by atoms with E-state index in [-0.39, 0.29) is 0 Å². The molecule has 0 unspecified atom stereocenters. The number of nitriles is 1. The van der Waals surface area contributed by atoms with Crippen molar-refractivity contribution < 1.29 is 4.42 Å². The van der Waals surface area contributed by atoms with E-state index in [4.69, 9.17) is 9.68 Å². The molecule has 3 rings (SSSR count). The summed E-state index contributed by atoms with van der Waals surface area (Å²) in [5.41, 5.74) is 0.869. The van der Waals surface area contributed by atoms with Crippen LogP contribution in [0.3, 0.4) is 0 Å². The Balaban J connectivity index is 1.83. The predicted molar refractivity (Wildman–Crippen MR) is 76.8 cm³/mol. The Kier molecular flexibility index (Phi) is 3.39. The van der Waals surface area contributed by atoms with E-state index in [1.54, 1.807) is 24.5 Å². The molecule has 21 heavy (non-hydrogen) atoms. The van der Waals surface area contributed by atoms with E-state index in [9.17, 15) is 0 Å². The van der Waals surface area contributed by atoms with Crippen molar-refractivity contribution in [3.05, 3.63) is 60.2 Å². The van der Waals surface area contributed by atoms with E-state index in [1.165, 1.54) is 0 Å². The summed E-state index contributed by atoms with van der Waals surface area (Å²) in [5, 5.41) is 12.0. The number of furan rings is 1. The fourth-order valence-electron chi connectivity index (χ4n) is 2.04. The maximum Gasteiger partial charge on any atom is 0.203 e. The first-order valence-corrected chi connectivity index (χ1v) is 6.46. The van der Waals surface area contributed by atoms with Crippen LogP contribution in [-0.2, 0) is 6.54 Å². The van der Waals surface area contributed by atoms with Crippen LogP contribution in [0, 0.1) is 18.3 Å². The monoisotopic (exact) mass is 279 g/mol. The third kappa shape index (κ3) is 2.62. The van der Waals surface area contributed by atoms with Gasteiger partial charge in [-0.3, -0.25) is 4.57 Å². The zero-order chi connectivity index (χ0) is 14.7. The van der Waals surface area contributed by atoms with Gasteiger partial charge in [-0.1, -0.05) is 0 Å². The minimum atomic E-state index is 0.309. The largest absolute Gasteiger partial charge is 0.449 e. The summed E-state index contributed by atoms with van der Waals surface area (Å²) in [6.07, 6.45) is 5.34. The molecule has 0 aliphatic carbocycles. The molecule has 1 N–H and O–H groups in total. The third-order valence-electron chi connectivity index (χ3n) is 3.07. The van der Waals surface area contributed by atoms with Crippen molar-refractivity contribution in [1.82, 2.24) is 14.5 Å². The number of nitrogens with zero attached hydrogens (tertiary/aromatic N) is 4. The highest BCUT2D eigenvalue weighted by molar-refractivity contribution is 5.57. The number of nitrogens with one attached hydrogen (secondary N) is 1. The molecule has 0 saturated heterocycles. The highest BCUT2D eigenvalue weighted by Gasteiger charge is 2.08. The Morgan fingerprint density at radius 3 is 2.90 bits per heavy atom. The number of rotatable bonds is 4. The molecule has 3 aromatic heterocycles. The van der Waals surface area contributed by atoms with E-state index < -0.39 is 0 Å². The van der Waals surface area contributed by atoms with Crippen LogP contribution in [0.25, 0.3) is 5.82 Å². The fraction of sp³-hybridized carbons (Fsp3) is 0.133. The van der Waals surface area contributed by atoms with E-state index in [2.05, 4.69) is 15.3 Å². The molecular formula is C15H13N5O. The lowest BCUT2D eigenvalue weighted by Crippen LogP contribution is -2.06. The maximum absolute atomic E-state index is 8.75. The number of hydrogen-bond acceptors (Lipinski definition) is 5. The second-order valence-electron chi connectivity index (χ2n) is 4.45. The van der Waals surface area contributed by atoms with Crippen molar-refractivity contribution in [2.45, 2.75) is 13.5 Å². The van der Waals surface area contributed by atoms with Crippen molar-refractivity contribution in [2.24, 2.45) is 0 Å². The third-order valence-corrected chi connectivity index (χ3v) is 3.07. The van der Waals surface area contributed by atoms with E-state index >= 15 is 0 Å². The second kappa shape index (κ2) is 5.51. The smallest absolute Gasteiger partial charge is 0.203 e. The van der Waals surface area contributed by atoms with Gasteiger partial charge in [-0.15, -0.1) is 0 Å². The van der Waals surface area contributed by atoms with E-state index in [0.717, 1.165) is 17.3 Å². The minimum absolute atomic E-state index is 0.309. The first-order valence-electron chi connectivity index (χ1n) is 6.46. The van der Waals surface area contributed by atoms with Crippen molar-refractivity contribution in [3.8, 4) is 11.9 Å². The predicted octanol–water partition coefficient (Wildman–Crippen LogP) is 2.65. The Morgan fingerprint density at radius 2 is 2.19 bits per heavy atom. The van der Waals surface area contributed by atoms with E-state index in [1.807, 2.05) is 35.9 Å². The standard InChI is InChI=1S/C15H13N5O/c1-11-17-7-8-20(11)15-14(3-2-6-18-15)19-10-13-5-4-12(9-16)21-13/h2-8,19H,10H2,1H3. The first kappa shape index (κ1) is 12.9. The van der Waals surface area contributed by atoms with Crippen LogP contribution in [0.15, 0.2) is 47.3 Å². The summed E-state index contributed by atoms with van der Waals surface area (Å²) in [5.74, 6) is 2.65. The first-order chi connectivity index (χ1) is 10.3. The van der Waals surface area contributed by atoms with Gasteiger partial charge in [0.1, 0.15) is 17.7 Å². The number of aryl methyl sites for hydroxylation is 1. The summed E-state index contributed by atoms with van der Waals surface area (Å²) < 4.78 is 7.25. The summed E-state index contributed by atoms with van der Waals surface area (Å²) in [6, 6.07) is 9.21. The average Bonchev–Trinajstić information content (AvgIpc) is 3.14. The lowest BCUT2D eigenvalue weighted by atomic mass is 10.3. The van der Waals surface area contributed by atoms with Crippen molar-refractivity contribution in [3.63, 3.8) is 0 Å². The van der Waals surface area contributed by atoms with Gasteiger partial charge in [-0.25, -0.2) is 9.97 Å². The lowest BCUT2D eigenvalue weighted by molar-refractivity contribution is 0.506. The van der Waals surface area contributed by atoms with Gasteiger partial charge in [0.2, 0.25) is 5.76 Å². The van der Waals surface area contributed by atoms with Crippen molar-refractivity contribution >= 4 is 5.69 Å². The average molecular weight is 279 g/mol. The van der Waals surface area contributed by atoms with Gasteiger partial charge in [0.25, 0.3) is 0 Å². The molecule has 3 aromatic rings. The van der Waals surface area contributed by atoms with Crippen LogP contribution in [0.5, 0.6) is 0 Å². The fourth-order valence-corrected chi connectivity index (χ4v) is 2.04. The number of anilines is 1. The highest BCUT2D eigenvalue weighted by Crippen LogP contribution is 2.19. The summed E-state index contributed by atoms with van der Waals surface area (Å²) >= 11 is 0. The van der Waals surface area contributed by atoms with Gasteiger partial charge in [0, 0.05) is 18.6 Å². The molecule has 0 fully saturated rings. The Bertz CT molecular complexity index is 796. The van der Waals surface area contributed by atoms with Crippen LogP contribution in [0.2, 0.25) is 0 Å². The van der Waals surface area contributed by atoms with Crippen LogP contribution < -0.4 is 5.32 Å². The Hall–Kier alpha value is -3.07. The highest BCUT2D eigenvalue weighted by atomic mass is 16.3. The Labute approximate surface area is 121 Å². The van der Waals surface area contributed by atoms with Crippen LogP contribution in [-0.4, -0.2) is 14.5 Å². The number of imidazole rings is 1. The molecular weight excluding hydrogens is 266 g/mol. The lowest BCUT2D eigenvalue weighted by Gasteiger charge is -2.11. The molecule has 104 valence electrons. The van der Waals surface area contributed by atoms with Gasteiger partial charge in [-0.2, -0.15) is 5.26 Å². The quantitative estimate of drug-likeness (QED) is 0.794. The zero-order valence-electron chi connectivity index (χ0n) is 11.4. The number of hydrogen-bond donors (Lipinski definition) is 1. The molecule has 6 heteroatoms. The molecule has 0 radical (unpaired) electrons. The van der Waals surface area contributed by atoms with Crippen LogP contribution in [0.1, 0.15) is 17.3 Å². The molecule has 0 saturated carbocycles. The number of aromatic nitrogens is 3. The molecule has 0 atom stereocenters. The summed E-state index contributed by atoms with van der Waals surface area (Å²) in [6.45, 7) is 2.40. The van der Waals surface area contributed by atoms with E-state index in [0.29, 0.717) is 18.1 Å². The molecule has 0 amide bonds. The number of pyridine rings is 1. The van der Waals surface area contributed by atoms with Crippen LogP contribution >= 0.6 is 0 Å². The normalized spacial score (nSPS) is 10.3. The van der Waals surface area contributed by atoms with Gasteiger partial charge < -0.3 is 9.73 Å². The second-order valence-corrected chi connectivity index (χ2v) is 4.45. The Morgan fingerprint density at radius 1 is 1.29 bits per heavy atom. The molecule has 0 bridgehead atoms. The molecule has 6 nitrogen and oxygen atoms in total. The minimum Gasteiger partial charge on any atom is -0.449 e. The molecule has 0 aliphatic rings. The summed E-state index contributed by atoms with van der Waals surface area (Å²) in [7, 11) is 0. The molecule has 0 spiro atoms. The molecule has 0 aromatic carbocycles. The zero-order valence-corrected chi connectivity index (χ0v) is 11.4. The SMILES string of the molecule is Cc1nccn1-c1ncccc1NCc1ccc(C#N)o1. The molecule has 0 aliphatic heterocycles. The molecule has 3 heterocycles. The van der Waals surface area contributed by atoms with Gasteiger partial charge in [-0.05, 0) is 31.2 Å². The van der Waals surface area contributed by atoms with Crippen molar-refractivity contribution in [2.75, 3.05) is 5.32 Å².